The molecule has 4 rings (SSSR count). The minimum Gasteiger partial charge on any atom is -0.494 e. The third-order valence-electron chi connectivity index (χ3n) is 4.27. The molecule has 0 aliphatic heterocycles. The number of benzene rings is 2. The van der Waals surface area contributed by atoms with E-state index in [1.165, 1.54) is 11.3 Å². The van der Waals surface area contributed by atoms with E-state index in [1.54, 1.807) is 4.68 Å². The van der Waals surface area contributed by atoms with Crippen LogP contribution in [0.2, 0.25) is 0 Å². The molecule has 0 saturated heterocycles. The van der Waals surface area contributed by atoms with Crippen molar-refractivity contribution in [2.75, 3.05) is 18.9 Å². The van der Waals surface area contributed by atoms with E-state index in [1.807, 2.05) is 67.8 Å². The predicted molar refractivity (Wildman–Crippen MR) is 115 cm³/mol. The molecule has 0 aliphatic rings. The zero-order chi connectivity index (χ0) is 20.2. The van der Waals surface area contributed by atoms with E-state index < -0.39 is 0 Å². The number of thiazole rings is 1. The van der Waals surface area contributed by atoms with Crippen molar-refractivity contribution in [1.29, 1.82) is 0 Å². The molecule has 0 atom stereocenters. The lowest BCUT2D eigenvalue weighted by Gasteiger charge is -2.10. The summed E-state index contributed by atoms with van der Waals surface area (Å²) in [6, 6.07) is 15.4. The van der Waals surface area contributed by atoms with Crippen LogP contribution in [0.25, 0.3) is 27.6 Å². The molecule has 0 fully saturated rings. The Morgan fingerprint density at radius 2 is 1.76 bits per heavy atom. The van der Waals surface area contributed by atoms with E-state index in [2.05, 4.69) is 10.3 Å². The summed E-state index contributed by atoms with van der Waals surface area (Å²) in [4.78, 5) is 4.70. The van der Waals surface area contributed by atoms with E-state index >= 15 is 0 Å². The number of hydrogen-bond acceptors (Lipinski definition) is 7. The standard InChI is InChI=1S/C21H21N5O2S/c1-3-27-15-11-9-14(10-12-15)16-13-29-21(23-16)19-20(22)26(25-24-19)17-7-5-6-8-18(17)28-4-2/h5-13H,3-4,22H2,1-2H3. The summed E-state index contributed by atoms with van der Waals surface area (Å²) in [6.07, 6.45) is 0. The smallest absolute Gasteiger partial charge is 0.165 e. The van der Waals surface area contributed by atoms with E-state index in [0.29, 0.717) is 35.5 Å². The number of aromatic nitrogens is 4. The third kappa shape index (κ3) is 3.79. The molecule has 2 N–H and O–H groups in total. The topological polar surface area (TPSA) is 88.1 Å². The highest BCUT2D eigenvalue weighted by Crippen LogP contribution is 2.33. The second-order valence-corrected chi connectivity index (χ2v) is 6.99. The van der Waals surface area contributed by atoms with Gasteiger partial charge >= 0.3 is 0 Å². The van der Waals surface area contributed by atoms with Crippen LogP contribution >= 0.6 is 11.3 Å². The van der Waals surface area contributed by atoms with Crippen LogP contribution in [0.1, 0.15) is 13.8 Å². The Hall–Kier alpha value is -3.39. The Bertz CT molecular complexity index is 1100. The summed E-state index contributed by atoms with van der Waals surface area (Å²) in [7, 11) is 0. The first-order chi connectivity index (χ1) is 14.2. The Morgan fingerprint density at radius 3 is 2.52 bits per heavy atom. The number of anilines is 1. The van der Waals surface area contributed by atoms with Gasteiger partial charge in [-0.2, -0.15) is 4.68 Å². The number of nitrogens with zero attached hydrogens (tertiary/aromatic N) is 4. The van der Waals surface area contributed by atoms with Crippen molar-refractivity contribution in [2.24, 2.45) is 0 Å². The first-order valence-electron chi connectivity index (χ1n) is 9.33. The molecule has 0 radical (unpaired) electrons. The minimum atomic E-state index is 0.421. The highest BCUT2D eigenvalue weighted by molar-refractivity contribution is 7.13. The molecule has 8 heteroatoms. The molecule has 0 aliphatic carbocycles. The van der Waals surface area contributed by atoms with Gasteiger partial charge in [0, 0.05) is 10.9 Å². The maximum absolute atomic E-state index is 6.37. The van der Waals surface area contributed by atoms with Gasteiger partial charge in [-0.15, -0.1) is 16.4 Å². The maximum Gasteiger partial charge on any atom is 0.165 e. The van der Waals surface area contributed by atoms with Crippen molar-refractivity contribution >= 4 is 17.2 Å². The molecular weight excluding hydrogens is 386 g/mol. The highest BCUT2D eigenvalue weighted by Gasteiger charge is 2.18. The van der Waals surface area contributed by atoms with Gasteiger partial charge in [0.2, 0.25) is 0 Å². The van der Waals surface area contributed by atoms with Crippen LogP contribution in [0.15, 0.2) is 53.9 Å². The molecular formula is C21H21N5O2S. The van der Waals surface area contributed by atoms with Crippen LogP contribution in [0.3, 0.4) is 0 Å². The molecule has 2 aromatic carbocycles. The minimum absolute atomic E-state index is 0.421. The van der Waals surface area contributed by atoms with Gasteiger partial charge in [-0.3, -0.25) is 0 Å². The lowest BCUT2D eigenvalue weighted by molar-refractivity contribution is 0.338. The van der Waals surface area contributed by atoms with Crippen LogP contribution in [-0.2, 0) is 0 Å². The summed E-state index contributed by atoms with van der Waals surface area (Å²) in [5, 5.41) is 11.2. The monoisotopic (exact) mass is 407 g/mol. The fourth-order valence-electron chi connectivity index (χ4n) is 2.93. The Morgan fingerprint density at radius 1 is 1.00 bits per heavy atom. The molecule has 0 bridgehead atoms. The van der Waals surface area contributed by atoms with E-state index in [4.69, 9.17) is 20.2 Å². The van der Waals surface area contributed by atoms with Gasteiger partial charge in [-0.05, 0) is 50.2 Å². The summed E-state index contributed by atoms with van der Waals surface area (Å²) < 4.78 is 12.8. The SMILES string of the molecule is CCOc1ccc(-c2csc(-c3nnn(-c4ccccc4OCC)c3N)n2)cc1. The fraction of sp³-hybridized carbons (Fsp3) is 0.190. The molecule has 29 heavy (non-hydrogen) atoms. The Labute approximate surface area is 172 Å². The van der Waals surface area contributed by atoms with Crippen molar-refractivity contribution in [2.45, 2.75) is 13.8 Å². The predicted octanol–water partition coefficient (Wildman–Crippen LogP) is 4.44. The number of nitrogen functional groups attached to an aromatic ring is 1. The first kappa shape index (κ1) is 18.9. The summed E-state index contributed by atoms with van der Waals surface area (Å²) in [5.74, 6) is 1.96. The Kier molecular flexibility index (Phi) is 5.44. The average molecular weight is 407 g/mol. The van der Waals surface area contributed by atoms with Gasteiger partial charge < -0.3 is 15.2 Å². The molecule has 0 amide bonds. The molecule has 2 heterocycles. The molecule has 0 saturated carbocycles. The summed E-state index contributed by atoms with van der Waals surface area (Å²) >= 11 is 1.48. The molecule has 148 valence electrons. The highest BCUT2D eigenvalue weighted by atomic mass is 32.1. The number of hydrogen-bond donors (Lipinski definition) is 1. The van der Waals surface area contributed by atoms with Crippen molar-refractivity contribution in [1.82, 2.24) is 20.0 Å². The summed E-state index contributed by atoms with van der Waals surface area (Å²) in [6.45, 7) is 5.09. The van der Waals surface area contributed by atoms with Gasteiger partial charge in [0.05, 0.1) is 18.9 Å². The largest absolute Gasteiger partial charge is 0.494 e. The van der Waals surface area contributed by atoms with Gasteiger partial charge in [0.15, 0.2) is 11.5 Å². The maximum atomic E-state index is 6.37. The number of nitrogens with two attached hydrogens (primary N) is 1. The average Bonchev–Trinajstić information content (AvgIpc) is 3.36. The number of para-hydroxylation sites is 2. The van der Waals surface area contributed by atoms with Crippen LogP contribution in [-0.4, -0.2) is 33.2 Å². The van der Waals surface area contributed by atoms with Gasteiger partial charge in [-0.25, -0.2) is 4.98 Å². The van der Waals surface area contributed by atoms with E-state index in [-0.39, 0.29) is 0 Å². The number of rotatable bonds is 7. The quantitative estimate of drug-likeness (QED) is 0.487. The van der Waals surface area contributed by atoms with Gasteiger partial charge in [-0.1, -0.05) is 17.3 Å². The van der Waals surface area contributed by atoms with Crippen LogP contribution < -0.4 is 15.2 Å². The molecule has 2 aromatic heterocycles. The van der Waals surface area contributed by atoms with Crippen molar-refractivity contribution in [3.05, 3.63) is 53.9 Å². The van der Waals surface area contributed by atoms with Gasteiger partial charge in [0.25, 0.3) is 0 Å². The fourth-order valence-corrected chi connectivity index (χ4v) is 3.75. The summed E-state index contributed by atoms with van der Waals surface area (Å²) in [5.41, 5.74) is 9.53. The lowest BCUT2D eigenvalue weighted by Crippen LogP contribution is -2.05. The van der Waals surface area contributed by atoms with Crippen molar-refractivity contribution in [3.63, 3.8) is 0 Å². The van der Waals surface area contributed by atoms with E-state index in [0.717, 1.165) is 22.7 Å². The van der Waals surface area contributed by atoms with Crippen LogP contribution in [0.4, 0.5) is 5.82 Å². The van der Waals surface area contributed by atoms with E-state index in [9.17, 15) is 0 Å². The van der Waals surface area contributed by atoms with Crippen molar-refractivity contribution in [3.8, 4) is 39.1 Å². The van der Waals surface area contributed by atoms with Crippen LogP contribution in [0.5, 0.6) is 11.5 Å². The second-order valence-electron chi connectivity index (χ2n) is 6.13. The zero-order valence-corrected chi connectivity index (χ0v) is 17.0. The zero-order valence-electron chi connectivity index (χ0n) is 16.2. The molecule has 0 spiro atoms. The van der Waals surface area contributed by atoms with Gasteiger partial charge in [0.1, 0.15) is 22.2 Å². The first-order valence-corrected chi connectivity index (χ1v) is 10.2. The Balaban J connectivity index is 1.64. The van der Waals surface area contributed by atoms with Crippen LogP contribution in [0, 0.1) is 0 Å². The van der Waals surface area contributed by atoms with Crippen molar-refractivity contribution < 1.29 is 9.47 Å². The molecule has 0 unspecified atom stereocenters. The lowest BCUT2D eigenvalue weighted by atomic mass is 10.2. The molecule has 4 aromatic rings. The molecule has 7 nitrogen and oxygen atoms in total. The second kappa shape index (κ2) is 8.32. The third-order valence-corrected chi connectivity index (χ3v) is 5.12. The normalized spacial score (nSPS) is 10.8. The number of ether oxygens (including phenoxy) is 2.